The average molecular weight is 449 g/mol. The zero-order chi connectivity index (χ0) is 21.7. The van der Waals surface area contributed by atoms with Crippen molar-refractivity contribution in [2.24, 2.45) is 0 Å². The molecule has 0 bridgehead atoms. The van der Waals surface area contributed by atoms with Crippen LogP contribution in [0.2, 0.25) is 10.0 Å². The molecule has 1 atom stereocenters. The summed E-state index contributed by atoms with van der Waals surface area (Å²) in [5.74, 6) is 0.133. The van der Waals surface area contributed by atoms with Gasteiger partial charge in [-0.05, 0) is 59.2 Å². The van der Waals surface area contributed by atoms with Crippen LogP contribution in [0.5, 0.6) is 5.75 Å². The van der Waals surface area contributed by atoms with Crippen LogP contribution in [0.15, 0.2) is 54.6 Å². The number of nitrogens with two attached hydrogens (primary N) is 1. The standard InChI is InChI=1S/C22H13Cl2F3N2O/c23-17-7-16(8-18(24)9-17)21(22(25,26)27)10-15-5-12(3-4-20(15)30-21)13-1-2-14(11-28)19(29)6-13/h1-9H,10,29H2/t21-/m0/s1. The Kier molecular flexibility index (Phi) is 4.84. The van der Waals surface area contributed by atoms with Crippen LogP contribution in [0.3, 0.4) is 0 Å². The predicted octanol–water partition coefficient (Wildman–Crippen LogP) is 6.51. The van der Waals surface area contributed by atoms with Gasteiger partial charge in [0.25, 0.3) is 0 Å². The predicted molar refractivity (Wildman–Crippen MR) is 110 cm³/mol. The molecule has 0 aromatic heterocycles. The summed E-state index contributed by atoms with van der Waals surface area (Å²) in [6.45, 7) is 0. The molecule has 1 aliphatic rings. The van der Waals surface area contributed by atoms with E-state index in [0.29, 0.717) is 27.9 Å². The van der Waals surface area contributed by atoms with Crippen molar-refractivity contribution in [3.8, 4) is 22.9 Å². The molecule has 8 heteroatoms. The molecule has 1 aliphatic heterocycles. The van der Waals surface area contributed by atoms with E-state index in [9.17, 15) is 13.2 Å². The second kappa shape index (κ2) is 7.12. The molecule has 3 nitrogen and oxygen atoms in total. The SMILES string of the molecule is N#Cc1ccc(-c2ccc3c(c2)C[C@](c2cc(Cl)cc(Cl)c2)(C(F)(F)F)O3)cc1N. The Morgan fingerprint density at radius 2 is 1.60 bits per heavy atom. The Morgan fingerprint density at radius 1 is 0.967 bits per heavy atom. The number of nitriles is 1. The first-order valence-corrected chi connectivity index (χ1v) is 9.54. The van der Waals surface area contributed by atoms with Crippen molar-refractivity contribution in [2.45, 2.75) is 18.2 Å². The minimum Gasteiger partial charge on any atom is -0.472 e. The molecule has 0 fully saturated rings. The van der Waals surface area contributed by atoms with Crippen LogP contribution in [0, 0.1) is 11.3 Å². The van der Waals surface area contributed by atoms with E-state index in [1.807, 2.05) is 6.07 Å². The smallest absolute Gasteiger partial charge is 0.432 e. The highest BCUT2D eigenvalue weighted by atomic mass is 35.5. The van der Waals surface area contributed by atoms with Crippen LogP contribution in [0.1, 0.15) is 16.7 Å². The molecule has 152 valence electrons. The van der Waals surface area contributed by atoms with E-state index in [1.54, 1.807) is 30.3 Å². The van der Waals surface area contributed by atoms with Crippen molar-refractivity contribution in [2.75, 3.05) is 5.73 Å². The number of hydrogen-bond donors (Lipinski definition) is 1. The molecule has 0 saturated carbocycles. The third-order valence-electron chi connectivity index (χ3n) is 5.08. The maximum Gasteiger partial charge on any atom is 0.432 e. The molecule has 0 spiro atoms. The summed E-state index contributed by atoms with van der Waals surface area (Å²) in [5.41, 5.74) is 5.48. The Labute approximate surface area is 180 Å². The number of hydrogen-bond acceptors (Lipinski definition) is 3. The number of anilines is 1. The third-order valence-corrected chi connectivity index (χ3v) is 5.51. The number of alkyl halides is 3. The average Bonchev–Trinajstić information content (AvgIpc) is 3.07. The summed E-state index contributed by atoms with van der Waals surface area (Å²) in [5, 5.41) is 9.20. The largest absolute Gasteiger partial charge is 0.472 e. The van der Waals surface area contributed by atoms with Crippen molar-refractivity contribution in [1.82, 2.24) is 0 Å². The van der Waals surface area contributed by atoms with Gasteiger partial charge in [0.1, 0.15) is 11.8 Å². The minimum absolute atomic E-state index is 0.0921. The van der Waals surface area contributed by atoms with Gasteiger partial charge in [0, 0.05) is 22.0 Å². The van der Waals surface area contributed by atoms with Gasteiger partial charge in [-0.25, -0.2) is 0 Å². The molecule has 3 aromatic carbocycles. The van der Waals surface area contributed by atoms with Crippen molar-refractivity contribution in [3.05, 3.63) is 81.3 Å². The van der Waals surface area contributed by atoms with E-state index in [1.165, 1.54) is 24.3 Å². The molecule has 0 aliphatic carbocycles. The van der Waals surface area contributed by atoms with Gasteiger partial charge in [0.05, 0.1) is 11.3 Å². The number of nitrogen functional groups attached to an aromatic ring is 1. The summed E-state index contributed by atoms with van der Waals surface area (Å²) in [4.78, 5) is 0. The quantitative estimate of drug-likeness (QED) is 0.454. The zero-order valence-corrected chi connectivity index (χ0v) is 16.7. The molecular formula is C22H13Cl2F3N2O. The van der Waals surface area contributed by atoms with Gasteiger partial charge in [-0.1, -0.05) is 35.3 Å². The van der Waals surface area contributed by atoms with Crippen LogP contribution in [0.25, 0.3) is 11.1 Å². The van der Waals surface area contributed by atoms with Crippen LogP contribution in [-0.4, -0.2) is 6.18 Å². The summed E-state index contributed by atoms with van der Waals surface area (Å²) >= 11 is 11.9. The molecule has 2 N–H and O–H groups in total. The Morgan fingerprint density at radius 3 is 2.20 bits per heavy atom. The van der Waals surface area contributed by atoms with E-state index >= 15 is 0 Å². The Hall–Kier alpha value is -2.88. The summed E-state index contributed by atoms with van der Waals surface area (Å²) in [6.07, 6.45) is -5.14. The number of nitrogens with zero attached hydrogens (tertiary/aromatic N) is 1. The van der Waals surface area contributed by atoms with Gasteiger partial charge in [0.15, 0.2) is 0 Å². The van der Waals surface area contributed by atoms with E-state index in [-0.39, 0.29) is 21.4 Å². The van der Waals surface area contributed by atoms with Gasteiger partial charge < -0.3 is 10.5 Å². The maximum atomic E-state index is 14.2. The summed E-state index contributed by atoms with van der Waals surface area (Å²) < 4.78 is 48.2. The van der Waals surface area contributed by atoms with E-state index in [2.05, 4.69) is 0 Å². The molecule has 4 rings (SSSR count). The Balaban J connectivity index is 1.79. The fourth-order valence-electron chi connectivity index (χ4n) is 3.60. The Bertz CT molecular complexity index is 1180. The summed E-state index contributed by atoms with van der Waals surface area (Å²) in [6, 6.07) is 15.4. The lowest BCUT2D eigenvalue weighted by Gasteiger charge is -2.31. The highest BCUT2D eigenvalue weighted by Crippen LogP contribution is 2.52. The molecule has 0 saturated heterocycles. The topological polar surface area (TPSA) is 59.0 Å². The summed E-state index contributed by atoms with van der Waals surface area (Å²) in [7, 11) is 0. The lowest BCUT2D eigenvalue weighted by atomic mass is 9.87. The molecule has 0 radical (unpaired) electrons. The first kappa shape index (κ1) is 20.4. The van der Waals surface area contributed by atoms with Crippen LogP contribution in [-0.2, 0) is 12.0 Å². The highest BCUT2D eigenvalue weighted by molar-refractivity contribution is 6.34. The number of benzene rings is 3. The van der Waals surface area contributed by atoms with Gasteiger partial charge in [0.2, 0.25) is 5.60 Å². The molecule has 0 amide bonds. The second-order valence-electron chi connectivity index (χ2n) is 7.00. The lowest BCUT2D eigenvalue weighted by molar-refractivity contribution is -0.248. The fraction of sp³-hybridized carbons (Fsp3) is 0.136. The van der Waals surface area contributed by atoms with Crippen molar-refractivity contribution >= 4 is 28.9 Å². The normalized spacial score (nSPS) is 17.9. The minimum atomic E-state index is -4.71. The zero-order valence-electron chi connectivity index (χ0n) is 15.2. The first-order chi connectivity index (χ1) is 14.1. The van der Waals surface area contributed by atoms with Gasteiger partial charge in [-0.15, -0.1) is 0 Å². The van der Waals surface area contributed by atoms with Crippen LogP contribution in [0.4, 0.5) is 18.9 Å². The molecule has 1 heterocycles. The van der Waals surface area contributed by atoms with E-state index < -0.39 is 18.2 Å². The maximum absolute atomic E-state index is 14.2. The van der Waals surface area contributed by atoms with Gasteiger partial charge >= 0.3 is 6.18 Å². The molecular weight excluding hydrogens is 436 g/mol. The van der Waals surface area contributed by atoms with Crippen molar-refractivity contribution in [1.29, 1.82) is 5.26 Å². The third kappa shape index (κ3) is 3.34. The molecule has 30 heavy (non-hydrogen) atoms. The van der Waals surface area contributed by atoms with Crippen molar-refractivity contribution < 1.29 is 17.9 Å². The molecule has 0 unspecified atom stereocenters. The number of halogens is 5. The lowest BCUT2D eigenvalue weighted by Crippen LogP contribution is -2.46. The first-order valence-electron chi connectivity index (χ1n) is 8.78. The second-order valence-corrected chi connectivity index (χ2v) is 7.87. The number of fused-ring (bicyclic) bond motifs is 1. The van der Waals surface area contributed by atoms with Crippen molar-refractivity contribution in [3.63, 3.8) is 0 Å². The monoisotopic (exact) mass is 448 g/mol. The van der Waals surface area contributed by atoms with E-state index in [0.717, 1.165) is 0 Å². The number of rotatable bonds is 2. The van der Waals surface area contributed by atoms with E-state index in [4.69, 9.17) is 38.9 Å². The van der Waals surface area contributed by atoms with Crippen LogP contribution < -0.4 is 10.5 Å². The molecule has 3 aromatic rings. The number of ether oxygens (including phenoxy) is 1. The highest BCUT2D eigenvalue weighted by Gasteiger charge is 2.61. The van der Waals surface area contributed by atoms with Crippen LogP contribution >= 0.6 is 23.2 Å². The van der Waals surface area contributed by atoms with Gasteiger partial charge in [-0.2, -0.15) is 18.4 Å². The van der Waals surface area contributed by atoms with Gasteiger partial charge in [-0.3, -0.25) is 0 Å². The fourth-order valence-corrected chi connectivity index (χ4v) is 4.13.